The zero-order valence-corrected chi connectivity index (χ0v) is 16.5. The lowest BCUT2D eigenvalue weighted by Crippen LogP contribution is -2.43. The zero-order chi connectivity index (χ0) is 19.7. The monoisotopic (exact) mass is 403 g/mol. The van der Waals surface area contributed by atoms with Gasteiger partial charge in [-0.3, -0.25) is 4.68 Å². The van der Waals surface area contributed by atoms with Gasteiger partial charge in [0, 0.05) is 19.8 Å². The van der Waals surface area contributed by atoms with E-state index in [-0.39, 0.29) is 23.9 Å². The summed E-state index contributed by atoms with van der Waals surface area (Å²) in [5.74, 6) is 0.561. The molecule has 3 heterocycles. The van der Waals surface area contributed by atoms with Gasteiger partial charge in [-0.1, -0.05) is 24.2 Å². The van der Waals surface area contributed by atoms with Crippen molar-refractivity contribution >= 4 is 10.0 Å². The van der Waals surface area contributed by atoms with Gasteiger partial charge in [0.1, 0.15) is 6.04 Å². The van der Waals surface area contributed by atoms with E-state index in [0.29, 0.717) is 18.1 Å². The minimum atomic E-state index is -3.72. The molecule has 2 aromatic heterocycles. The van der Waals surface area contributed by atoms with E-state index < -0.39 is 16.1 Å². The predicted molar refractivity (Wildman–Crippen MR) is 99.8 cm³/mol. The lowest BCUT2D eigenvalue weighted by molar-refractivity contribution is 0.0282. The standard InChI is InChI=1S/C18H21N5O4S/c1-3-13-4-6-15(7-5-13)28(24,25)23-8-9-26-12-16(23)17-20-18(27-21-17)14-10-19-22(2)11-14/h4-7,10-11,16H,3,8-9,12H2,1-2H3/t16-/m1/s1. The third kappa shape index (κ3) is 3.46. The number of sulfonamides is 1. The van der Waals surface area contributed by atoms with Gasteiger partial charge < -0.3 is 9.26 Å². The lowest BCUT2D eigenvalue weighted by Gasteiger charge is -2.32. The van der Waals surface area contributed by atoms with Gasteiger partial charge >= 0.3 is 0 Å². The van der Waals surface area contributed by atoms with Gasteiger partial charge in [0.2, 0.25) is 10.0 Å². The van der Waals surface area contributed by atoms with Gasteiger partial charge in [-0.25, -0.2) is 8.42 Å². The third-order valence-corrected chi connectivity index (χ3v) is 6.63. The first-order valence-corrected chi connectivity index (χ1v) is 10.4. The van der Waals surface area contributed by atoms with E-state index in [1.54, 1.807) is 36.3 Å². The molecule has 0 N–H and O–H groups in total. The highest BCUT2D eigenvalue weighted by molar-refractivity contribution is 7.89. The van der Waals surface area contributed by atoms with Gasteiger partial charge in [-0.15, -0.1) is 0 Å². The van der Waals surface area contributed by atoms with Crippen LogP contribution in [0.3, 0.4) is 0 Å². The number of nitrogens with zero attached hydrogens (tertiary/aromatic N) is 5. The smallest absolute Gasteiger partial charge is 0.261 e. The van der Waals surface area contributed by atoms with Crippen molar-refractivity contribution in [2.75, 3.05) is 19.8 Å². The molecule has 1 fully saturated rings. The fourth-order valence-corrected chi connectivity index (χ4v) is 4.69. The first kappa shape index (κ1) is 18.8. The third-order valence-electron chi connectivity index (χ3n) is 4.71. The Labute approximate surface area is 163 Å². The number of rotatable bonds is 5. The second-order valence-electron chi connectivity index (χ2n) is 6.56. The Kier molecular flexibility index (Phi) is 5.00. The van der Waals surface area contributed by atoms with Gasteiger partial charge in [-0.05, 0) is 24.1 Å². The quantitative estimate of drug-likeness (QED) is 0.640. The maximum absolute atomic E-state index is 13.2. The summed E-state index contributed by atoms with van der Waals surface area (Å²) in [6, 6.07) is 6.28. The Morgan fingerprint density at radius 3 is 2.71 bits per heavy atom. The van der Waals surface area contributed by atoms with E-state index in [1.165, 1.54) is 4.31 Å². The molecule has 0 bridgehead atoms. The molecule has 0 saturated carbocycles. The maximum Gasteiger partial charge on any atom is 0.261 e. The molecule has 9 nitrogen and oxygen atoms in total. The molecule has 148 valence electrons. The van der Waals surface area contributed by atoms with E-state index in [9.17, 15) is 8.42 Å². The number of hydrogen-bond donors (Lipinski definition) is 0. The van der Waals surface area contributed by atoms with Crippen LogP contribution in [-0.4, -0.2) is 52.4 Å². The van der Waals surface area contributed by atoms with Crippen molar-refractivity contribution in [3.63, 3.8) is 0 Å². The largest absolute Gasteiger partial charge is 0.378 e. The molecule has 1 aliphatic heterocycles. The summed E-state index contributed by atoms with van der Waals surface area (Å²) in [5.41, 5.74) is 1.75. The van der Waals surface area contributed by atoms with Gasteiger partial charge in [0.15, 0.2) is 5.82 Å². The minimum absolute atomic E-state index is 0.165. The van der Waals surface area contributed by atoms with Gasteiger partial charge in [-0.2, -0.15) is 14.4 Å². The van der Waals surface area contributed by atoms with Crippen molar-refractivity contribution in [3.8, 4) is 11.5 Å². The van der Waals surface area contributed by atoms with Crippen molar-refractivity contribution in [1.82, 2.24) is 24.2 Å². The van der Waals surface area contributed by atoms with Crippen LogP contribution in [0.5, 0.6) is 0 Å². The molecule has 1 aliphatic rings. The van der Waals surface area contributed by atoms with E-state index in [1.807, 2.05) is 19.1 Å². The van der Waals surface area contributed by atoms with Crippen molar-refractivity contribution < 1.29 is 17.7 Å². The van der Waals surface area contributed by atoms with Crippen molar-refractivity contribution in [1.29, 1.82) is 0 Å². The molecule has 0 radical (unpaired) electrons. The summed E-state index contributed by atoms with van der Waals surface area (Å²) in [7, 11) is -1.93. The van der Waals surface area contributed by atoms with Crippen LogP contribution < -0.4 is 0 Å². The molecule has 1 atom stereocenters. The van der Waals surface area contributed by atoms with E-state index in [0.717, 1.165) is 12.0 Å². The molecular formula is C18H21N5O4S. The van der Waals surface area contributed by atoms with Crippen LogP contribution in [0.25, 0.3) is 11.5 Å². The van der Waals surface area contributed by atoms with Crippen molar-refractivity contribution in [3.05, 3.63) is 48.0 Å². The second kappa shape index (κ2) is 7.46. The average Bonchev–Trinajstić information content (AvgIpc) is 3.37. The second-order valence-corrected chi connectivity index (χ2v) is 8.45. The first-order chi connectivity index (χ1) is 13.5. The summed E-state index contributed by atoms with van der Waals surface area (Å²) >= 11 is 0. The SMILES string of the molecule is CCc1ccc(S(=O)(=O)N2CCOC[C@@H]2c2noc(-c3cnn(C)c3)n2)cc1. The highest BCUT2D eigenvalue weighted by Gasteiger charge is 2.37. The van der Waals surface area contributed by atoms with Crippen molar-refractivity contribution in [2.45, 2.75) is 24.3 Å². The molecule has 4 rings (SSSR count). The number of aromatic nitrogens is 4. The fourth-order valence-electron chi connectivity index (χ4n) is 3.13. The first-order valence-electron chi connectivity index (χ1n) is 9.00. The molecule has 0 amide bonds. The molecular weight excluding hydrogens is 382 g/mol. The Balaban J connectivity index is 1.65. The van der Waals surface area contributed by atoms with Crippen LogP contribution in [-0.2, 0) is 28.2 Å². The van der Waals surface area contributed by atoms with Gasteiger partial charge in [0.25, 0.3) is 5.89 Å². The van der Waals surface area contributed by atoms with E-state index in [2.05, 4.69) is 15.2 Å². The number of ether oxygens (including phenoxy) is 1. The van der Waals surface area contributed by atoms with Crippen LogP contribution in [0.4, 0.5) is 0 Å². The molecule has 0 unspecified atom stereocenters. The highest BCUT2D eigenvalue weighted by atomic mass is 32.2. The number of benzene rings is 1. The summed E-state index contributed by atoms with van der Waals surface area (Å²) in [4.78, 5) is 4.63. The van der Waals surface area contributed by atoms with E-state index in [4.69, 9.17) is 9.26 Å². The van der Waals surface area contributed by atoms with Crippen LogP contribution in [0.15, 0.2) is 46.1 Å². The molecule has 3 aromatic rings. The Hall–Kier alpha value is -2.56. The summed E-state index contributed by atoms with van der Waals surface area (Å²) < 4.78 is 40.3. The topological polar surface area (TPSA) is 103 Å². The summed E-state index contributed by atoms with van der Waals surface area (Å²) in [5, 5.41) is 8.08. The molecule has 28 heavy (non-hydrogen) atoms. The molecule has 1 aromatic carbocycles. The lowest BCUT2D eigenvalue weighted by atomic mass is 10.2. The maximum atomic E-state index is 13.2. The average molecular weight is 403 g/mol. The molecule has 10 heteroatoms. The number of hydrogen-bond acceptors (Lipinski definition) is 7. The summed E-state index contributed by atoms with van der Waals surface area (Å²) in [6.07, 6.45) is 4.21. The van der Waals surface area contributed by atoms with Crippen LogP contribution >= 0.6 is 0 Å². The molecule has 0 spiro atoms. The highest BCUT2D eigenvalue weighted by Crippen LogP contribution is 2.30. The fraction of sp³-hybridized carbons (Fsp3) is 0.389. The number of morpholine rings is 1. The van der Waals surface area contributed by atoms with Crippen molar-refractivity contribution in [2.24, 2.45) is 7.05 Å². The zero-order valence-electron chi connectivity index (χ0n) is 15.6. The van der Waals surface area contributed by atoms with Crippen LogP contribution in [0.2, 0.25) is 0 Å². The predicted octanol–water partition coefficient (Wildman–Crippen LogP) is 1.79. The van der Waals surface area contributed by atoms with Crippen LogP contribution in [0.1, 0.15) is 24.4 Å². The number of aryl methyl sites for hydroxylation is 2. The normalized spacial score (nSPS) is 18.4. The Morgan fingerprint density at radius 2 is 2.04 bits per heavy atom. The Morgan fingerprint density at radius 1 is 1.25 bits per heavy atom. The van der Waals surface area contributed by atoms with E-state index >= 15 is 0 Å². The molecule has 0 aliphatic carbocycles. The van der Waals surface area contributed by atoms with Gasteiger partial charge in [0.05, 0.1) is 29.9 Å². The van der Waals surface area contributed by atoms with Crippen LogP contribution in [0, 0.1) is 0 Å². The Bertz CT molecular complexity index is 1060. The molecule has 1 saturated heterocycles. The minimum Gasteiger partial charge on any atom is -0.378 e. The summed E-state index contributed by atoms with van der Waals surface area (Å²) in [6.45, 7) is 2.73.